The first-order valence-electron chi connectivity index (χ1n) is 7.26. The molecule has 0 atom stereocenters. The standard InChI is InChI=1S/C15H17N.C2H6/c1-11-4-5-14-13(12(11)6-10-16)3-2-7-15(14)8-9-15;1-2/h4-5H,2-3,6-9H2,1H3;1-2H3. The van der Waals surface area contributed by atoms with Gasteiger partial charge in [-0.3, -0.25) is 0 Å². The van der Waals surface area contributed by atoms with Crippen LogP contribution in [0.25, 0.3) is 0 Å². The van der Waals surface area contributed by atoms with E-state index in [0.29, 0.717) is 11.8 Å². The normalized spacial score (nSPS) is 18.3. The molecule has 0 heterocycles. The van der Waals surface area contributed by atoms with Gasteiger partial charge in [0.1, 0.15) is 0 Å². The Morgan fingerprint density at radius 3 is 2.56 bits per heavy atom. The second kappa shape index (κ2) is 5.14. The molecule has 96 valence electrons. The molecule has 18 heavy (non-hydrogen) atoms. The molecule has 0 radical (unpaired) electrons. The Balaban J connectivity index is 0.000000574. The Morgan fingerprint density at radius 2 is 1.94 bits per heavy atom. The van der Waals surface area contributed by atoms with Gasteiger partial charge in [0, 0.05) is 0 Å². The van der Waals surface area contributed by atoms with Gasteiger partial charge in [0.05, 0.1) is 12.5 Å². The summed E-state index contributed by atoms with van der Waals surface area (Å²) in [6.45, 7) is 6.14. The van der Waals surface area contributed by atoms with Gasteiger partial charge >= 0.3 is 0 Å². The maximum Gasteiger partial charge on any atom is 0.0669 e. The van der Waals surface area contributed by atoms with E-state index in [9.17, 15) is 0 Å². The van der Waals surface area contributed by atoms with E-state index in [1.54, 1.807) is 5.56 Å². The smallest absolute Gasteiger partial charge is 0.0669 e. The molecule has 0 aromatic heterocycles. The average molecular weight is 241 g/mol. The minimum Gasteiger partial charge on any atom is -0.198 e. The third kappa shape index (κ3) is 2.05. The molecule has 1 aromatic carbocycles. The van der Waals surface area contributed by atoms with E-state index in [2.05, 4.69) is 25.1 Å². The lowest BCUT2D eigenvalue weighted by Gasteiger charge is -2.27. The highest BCUT2D eigenvalue weighted by atomic mass is 14.5. The Kier molecular flexibility index (Phi) is 3.76. The van der Waals surface area contributed by atoms with Crippen LogP contribution in [-0.2, 0) is 18.3 Å². The maximum atomic E-state index is 8.94. The van der Waals surface area contributed by atoms with Crippen molar-refractivity contribution in [1.29, 1.82) is 5.26 Å². The molecule has 2 aliphatic rings. The van der Waals surface area contributed by atoms with Gasteiger partial charge < -0.3 is 0 Å². The summed E-state index contributed by atoms with van der Waals surface area (Å²) in [5.74, 6) is 0. The van der Waals surface area contributed by atoms with Crippen LogP contribution in [0.2, 0.25) is 0 Å². The number of aryl methyl sites for hydroxylation is 1. The Hall–Kier alpha value is -1.29. The van der Waals surface area contributed by atoms with Crippen molar-refractivity contribution in [2.24, 2.45) is 0 Å². The highest BCUT2D eigenvalue weighted by molar-refractivity contribution is 5.49. The SMILES string of the molecule is CC.Cc1ccc2c(c1CC#N)CCCC21CC1. The summed E-state index contributed by atoms with van der Waals surface area (Å²) in [6, 6.07) is 6.87. The number of hydrogen-bond acceptors (Lipinski definition) is 1. The van der Waals surface area contributed by atoms with Gasteiger partial charge in [0.15, 0.2) is 0 Å². The number of rotatable bonds is 1. The number of nitriles is 1. The van der Waals surface area contributed by atoms with E-state index >= 15 is 0 Å². The van der Waals surface area contributed by atoms with E-state index in [4.69, 9.17) is 5.26 Å². The topological polar surface area (TPSA) is 23.8 Å². The second-order valence-corrected chi connectivity index (χ2v) is 5.36. The van der Waals surface area contributed by atoms with Crippen molar-refractivity contribution in [3.05, 3.63) is 34.4 Å². The summed E-state index contributed by atoms with van der Waals surface area (Å²) in [6.07, 6.45) is 7.20. The molecule has 0 bridgehead atoms. The van der Waals surface area contributed by atoms with Crippen LogP contribution in [0.4, 0.5) is 0 Å². The molecule has 0 unspecified atom stereocenters. The fourth-order valence-corrected chi connectivity index (χ4v) is 3.33. The van der Waals surface area contributed by atoms with Crippen LogP contribution in [0, 0.1) is 18.3 Å². The van der Waals surface area contributed by atoms with Crippen molar-refractivity contribution in [3.63, 3.8) is 0 Å². The van der Waals surface area contributed by atoms with E-state index < -0.39 is 0 Å². The quantitative estimate of drug-likeness (QED) is 0.712. The van der Waals surface area contributed by atoms with E-state index in [-0.39, 0.29) is 0 Å². The van der Waals surface area contributed by atoms with Crippen LogP contribution in [0.3, 0.4) is 0 Å². The Labute approximate surface area is 111 Å². The molecule has 0 amide bonds. The highest BCUT2D eigenvalue weighted by Crippen LogP contribution is 2.55. The summed E-state index contributed by atoms with van der Waals surface area (Å²) in [5, 5.41) is 8.94. The van der Waals surface area contributed by atoms with Gasteiger partial charge in [0.25, 0.3) is 0 Å². The van der Waals surface area contributed by atoms with Crippen molar-refractivity contribution < 1.29 is 0 Å². The lowest BCUT2D eigenvalue weighted by Crippen LogP contribution is -2.18. The van der Waals surface area contributed by atoms with Crippen molar-refractivity contribution in [2.45, 2.75) is 64.7 Å². The predicted molar refractivity (Wildman–Crippen MR) is 75.7 cm³/mol. The van der Waals surface area contributed by atoms with Crippen LogP contribution in [0.15, 0.2) is 12.1 Å². The van der Waals surface area contributed by atoms with Crippen molar-refractivity contribution in [1.82, 2.24) is 0 Å². The summed E-state index contributed by atoms with van der Waals surface area (Å²) < 4.78 is 0. The molecule has 1 aromatic rings. The van der Waals surface area contributed by atoms with Crippen LogP contribution in [-0.4, -0.2) is 0 Å². The number of benzene rings is 1. The maximum absolute atomic E-state index is 8.94. The number of hydrogen-bond donors (Lipinski definition) is 0. The van der Waals surface area contributed by atoms with Crippen molar-refractivity contribution >= 4 is 0 Å². The molecular weight excluding hydrogens is 218 g/mol. The van der Waals surface area contributed by atoms with Crippen LogP contribution < -0.4 is 0 Å². The van der Waals surface area contributed by atoms with Gasteiger partial charge in [0.2, 0.25) is 0 Å². The molecule has 3 rings (SSSR count). The van der Waals surface area contributed by atoms with E-state index in [1.165, 1.54) is 48.8 Å². The number of nitrogens with zero attached hydrogens (tertiary/aromatic N) is 1. The minimum absolute atomic E-state index is 0.533. The summed E-state index contributed by atoms with van der Waals surface area (Å²) in [7, 11) is 0. The van der Waals surface area contributed by atoms with Crippen LogP contribution >= 0.6 is 0 Å². The first-order valence-corrected chi connectivity index (χ1v) is 7.26. The van der Waals surface area contributed by atoms with Gasteiger partial charge in [-0.05, 0) is 66.7 Å². The van der Waals surface area contributed by atoms with E-state index in [0.717, 1.165) is 0 Å². The second-order valence-electron chi connectivity index (χ2n) is 5.36. The average Bonchev–Trinajstić information content (AvgIpc) is 3.16. The summed E-state index contributed by atoms with van der Waals surface area (Å²) >= 11 is 0. The van der Waals surface area contributed by atoms with Gasteiger partial charge in [-0.1, -0.05) is 26.0 Å². The lowest BCUT2D eigenvalue weighted by molar-refractivity contribution is 0.539. The molecule has 0 N–H and O–H groups in total. The van der Waals surface area contributed by atoms with Crippen molar-refractivity contribution in [2.75, 3.05) is 0 Å². The molecule has 1 fully saturated rings. The lowest BCUT2D eigenvalue weighted by atomic mass is 9.77. The number of fused-ring (bicyclic) bond motifs is 2. The van der Waals surface area contributed by atoms with Crippen LogP contribution in [0.5, 0.6) is 0 Å². The Bertz CT molecular complexity index is 475. The zero-order valence-electron chi connectivity index (χ0n) is 11.8. The fraction of sp³-hybridized carbons (Fsp3) is 0.588. The highest BCUT2D eigenvalue weighted by Gasteiger charge is 2.46. The molecule has 1 nitrogen and oxygen atoms in total. The zero-order chi connectivity index (χ0) is 13.2. The van der Waals surface area contributed by atoms with Gasteiger partial charge in [-0.2, -0.15) is 5.26 Å². The molecule has 1 saturated carbocycles. The molecular formula is C17H23N. The summed E-state index contributed by atoms with van der Waals surface area (Å²) in [5.41, 5.74) is 6.26. The third-order valence-electron chi connectivity index (χ3n) is 4.43. The first-order chi connectivity index (χ1) is 8.77. The molecule has 0 saturated heterocycles. The molecule has 1 heteroatoms. The van der Waals surface area contributed by atoms with E-state index in [1.807, 2.05) is 13.8 Å². The zero-order valence-corrected chi connectivity index (χ0v) is 11.8. The monoisotopic (exact) mass is 241 g/mol. The van der Waals surface area contributed by atoms with Gasteiger partial charge in [-0.15, -0.1) is 0 Å². The molecule has 1 spiro atoms. The Morgan fingerprint density at radius 1 is 1.22 bits per heavy atom. The molecule has 2 aliphatic carbocycles. The third-order valence-corrected chi connectivity index (χ3v) is 4.43. The predicted octanol–water partition coefficient (Wildman–Crippen LogP) is 4.46. The molecule has 0 aliphatic heterocycles. The first kappa shape index (κ1) is 13.1. The largest absolute Gasteiger partial charge is 0.198 e. The minimum atomic E-state index is 0.533. The van der Waals surface area contributed by atoms with Gasteiger partial charge in [-0.25, -0.2) is 0 Å². The fourth-order valence-electron chi connectivity index (χ4n) is 3.33. The van der Waals surface area contributed by atoms with Crippen LogP contribution in [0.1, 0.15) is 61.8 Å². The summed E-state index contributed by atoms with van der Waals surface area (Å²) in [4.78, 5) is 0. The van der Waals surface area contributed by atoms with Crippen molar-refractivity contribution in [3.8, 4) is 6.07 Å².